The molecule has 1 saturated carbocycles. The van der Waals surface area contributed by atoms with Crippen LogP contribution in [-0.4, -0.2) is 25.5 Å². The van der Waals surface area contributed by atoms with Gasteiger partial charge in [-0.25, -0.2) is 0 Å². The highest BCUT2D eigenvalue weighted by Crippen LogP contribution is 2.48. The SMILES string of the molecule is Nc1c(CI)cc(C(=O)NCC2C3CNCC32)c2occc12. The molecular weight excluding hydrogens is 393 g/mol. The number of carbonyl (C=O) groups excluding carboxylic acids is 1. The van der Waals surface area contributed by atoms with Crippen molar-refractivity contribution in [1.82, 2.24) is 10.6 Å². The van der Waals surface area contributed by atoms with Gasteiger partial charge in [-0.05, 0) is 48.5 Å². The molecule has 22 heavy (non-hydrogen) atoms. The first-order chi connectivity index (χ1) is 10.7. The molecule has 4 rings (SSSR count). The predicted octanol–water partition coefficient (Wildman–Crippen LogP) is 2.15. The Kier molecular flexibility index (Phi) is 3.53. The topological polar surface area (TPSA) is 80.3 Å². The largest absolute Gasteiger partial charge is 0.463 e. The fourth-order valence-corrected chi connectivity index (χ4v) is 4.29. The summed E-state index contributed by atoms with van der Waals surface area (Å²) in [5.41, 5.74) is 8.99. The van der Waals surface area contributed by atoms with Crippen molar-refractivity contribution < 1.29 is 9.21 Å². The van der Waals surface area contributed by atoms with E-state index in [1.165, 1.54) is 0 Å². The number of hydrogen-bond acceptors (Lipinski definition) is 4. The van der Waals surface area contributed by atoms with E-state index in [4.69, 9.17) is 10.2 Å². The van der Waals surface area contributed by atoms with Crippen molar-refractivity contribution >= 4 is 45.2 Å². The molecule has 0 bridgehead atoms. The molecule has 1 saturated heterocycles. The van der Waals surface area contributed by atoms with Gasteiger partial charge in [0.25, 0.3) is 5.91 Å². The quantitative estimate of drug-likeness (QED) is 0.409. The van der Waals surface area contributed by atoms with E-state index in [0.717, 1.165) is 46.8 Å². The number of rotatable bonds is 4. The van der Waals surface area contributed by atoms with E-state index in [1.807, 2.05) is 12.1 Å². The number of nitrogens with two attached hydrogens (primary N) is 1. The first-order valence-corrected chi connectivity index (χ1v) is 9.06. The van der Waals surface area contributed by atoms with Gasteiger partial charge >= 0.3 is 0 Å². The van der Waals surface area contributed by atoms with E-state index < -0.39 is 0 Å². The molecule has 2 heterocycles. The monoisotopic (exact) mass is 411 g/mol. The Hall–Kier alpha value is -1.28. The lowest BCUT2D eigenvalue weighted by molar-refractivity contribution is 0.0951. The number of amides is 1. The highest BCUT2D eigenvalue weighted by atomic mass is 127. The van der Waals surface area contributed by atoms with Crippen LogP contribution in [0.1, 0.15) is 15.9 Å². The Morgan fingerprint density at radius 1 is 1.45 bits per heavy atom. The van der Waals surface area contributed by atoms with Crippen molar-refractivity contribution in [2.45, 2.75) is 4.43 Å². The molecule has 1 amide bonds. The van der Waals surface area contributed by atoms with Crippen LogP contribution in [0.3, 0.4) is 0 Å². The number of alkyl halides is 1. The van der Waals surface area contributed by atoms with E-state index in [1.54, 1.807) is 6.26 Å². The number of benzene rings is 1. The highest BCUT2D eigenvalue weighted by Gasteiger charge is 2.52. The van der Waals surface area contributed by atoms with Gasteiger partial charge < -0.3 is 20.8 Å². The minimum absolute atomic E-state index is 0.0658. The van der Waals surface area contributed by atoms with Gasteiger partial charge in [0.15, 0.2) is 0 Å². The maximum Gasteiger partial charge on any atom is 0.255 e. The predicted molar refractivity (Wildman–Crippen MR) is 94.0 cm³/mol. The zero-order valence-corrected chi connectivity index (χ0v) is 14.2. The Balaban J connectivity index is 1.56. The van der Waals surface area contributed by atoms with Crippen LogP contribution in [0.15, 0.2) is 22.8 Å². The molecule has 2 aromatic rings. The molecule has 6 heteroatoms. The lowest BCUT2D eigenvalue weighted by Gasteiger charge is -2.10. The normalized spacial score (nSPS) is 26.1. The van der Waals surface area contributed by atoms with Gasteiger partial charge in [-0.1, -0.05) is 22.6 Å². The Morgan fingerprint density at radius 3 is 2.95 bits per heavy atom. The van der Waals surface area contributed by atoms with Crippen LogP contribution in [0.5, 0.6) is 0 Å². The second-order valence-corrected chi connectivity index (χ2v) is 6.92. The summed E-state index contributed by atoms with van der Waals surface area (Å²) in [6.07, 6.45) is 1.59. The third-order valence-corrected chi connectivity index (χ3v) is 5.84. The third-order valence-electron chi connectivity index (χ3n) is 5.02. The van der Waals surface area contributed by atoms with Crippen LogP contribution in [-0.2, 0) is 4.43 Å². The van der Waals surface area contributed by atoms with E-state index in [2.05, 4.69) is 33.2 Å². The number of anilines is 1. The summed E-state index contributed by atoms with van der Waals surface area (Å²) in [4.78, 5) is 12.6. The van der Waals surface area contributed by atoms with Crippen molar-refractivity contribution in [3.63, 3.8) is 0 Å². The van der Waals surface area contributed by atoms with Gasteiger partial charge in [-0.15, -0.1) is 0 Å². The van der Waals surface area contributed by atoms with E-state index >= 15 is 0 Å². The molecule has 116 valence electrons. The molecule has 1 aromatic heterocycles. The van der Waals surface area contributed by atoms with Crippen LogP contribution in [0, 0.1) is 17.8 Å². The Labute approximate surface area is 142 Å². The number of nitrogen functional groups attached to an aromatic ring is 1. The van der Waals surface area contributed by atoms with E-state index in [0.29, 0.717) is 22.8 Å². The number of fused-ring (bicyclic) bond motifs is 2. The smallest absolute Gasteiger partial charge is 0.255 e. The summed E-state index contributed by atoms with van der Waals surface area (Å²) in [5.74, 6) is 2.07. The van der Waals surface area contributed by atoms with Crippen molar-refractivity contribution in [2.24, 2.45) is 17.8 Å². The molecule has 2 unspecified atom stereocenters. The molecule has 1 aliphatic carbocycles. The number of hydrogen-bond donors (Lipinski definition) is 3. The summed E-state index contributed by atoms with van der Waals surface area (Å²) in [5, 5.41) is 7.27. The van der Waals surface area contributed by atoms with Gasteiger partial charge in [-0.3, -0.25) is 4.79 Å². The second kappa shape index (κ2) is 5.42. The number of piperidine rings is 1. The highest BCUT2D eigenvalue weighted by molar-refractivity contribution is 14.1. The molecular formula is C16H18IN3O2. The third kappa shape index (κ3) is 2.20. The van der Waals surface area contributed by atoms with Crippen LogP contribution >= 0.6 is 22.6 Å². The fourth-order valence-electron chi connectivity index (χ4n) is 3.65. The molecule has 0 spiro atoms. The molecule has 2 atom stereocenters. The van der Waals surface area contributed by atoms with Gasteiger partial charge in [0, 0.05) is 22.0 Å². The summed E-state index contributed by atoms with van der Waals surface area (Å²) < 4.78 is 6.26. The number of carbonyl (C=O) groups is 1. The number of nitrogens with one attached hydrogen (secondary N) is 2. The van der Waals surface area contributed by atoms with E-state index in [-0.39, 0.29) is 5.91 Å². The van der Waals surface area contributed by atoms with Crippen LogP contribution in [0.2, 0.25) is 0 Å². The Morgan fingerprint density at radius 2 is 2.23 bits per heavy atom. The minimum Gasteiger partial charge on any atom is -0.463 e. The first-order valence-electron chi connectivity index (χ1n) is 7.54. The molecule has 4 N–H and O–H groups in total. The van der Waals surface area contributed by atoms with Crippen molar-refractivity contribution in [2.75, 3.05) is 25.4 Å². The number of halogens is 1. The van der Waals surface area contributed by atoms with Crippen molar-refractivity contribution in [1.29, 1.82) is 0 Å². The maximum atomic E-state index is 12.6. The zero-order chi connectivity index (χ0) is 15.3. The molecule has 1 aliphatic heterocycles. The number of furan rings is 1. The van der Waals surface area contributed by atoms with Crippen molar-refractivity contribution in [3.8, 4) is 0 Å². The summed E-state index contributed by atoms with van der Waals surface area (Å²) >= 11 is 2.26. The van der Waals surface area contributed by atoms with Gasteiger partial charge in [0.2, 0.25) is 0 Å². The first kappa shape index (κ1) is 14.3. The van der Waals surface area contributed by atoms with Crippen molar-refractivity contribution in [3.05, 3.63) is 29.5 Å². The van der Waals surface area contributed by atoms with Crippen LogP contribution in [0.25, 0.3) is 11.0 Å². The van der Waals surface area contributed by atoms with Crippen LogP contribution < -0.4 is 16.4 Å². The second-order valence-electron chi connectivity index (χ2n) is 6.15. The average molecular weight is 411 g/mol. The molecule has 2 aliphatic rings. The maximum absolute atomic E-state index is 12.6. The molecule has 2 fully saturated rings. The summed E-state index contributed by atoms with van der Waals surface area (Å²) in [6.45, 7) is 2.94. The molecule has 1 aromatic carbocycles. The molecule has 0 radical (unpaired) electrons. The lowest BCUT2D eigenvalue weighted by atomic mass is 10.0. The zero-order valence-electron chi connectivity index (χ0n) is 12.1. The standard InChI is InChI=1S/C16H18IN3O2/c17-4-8-3-10(15-9(14(8)18)1-2-22-15)16(21)20-7-13-11-5-19-6-12(11)13/h1-3,11-13,19H,4-7,18H2,(H,20,21). The summed E-state index contributed by atoms with van der Waals surface area (Å²) in [7, 11) is 0. The Bertz CT molecular complexity index is 732. The minimum atomic E-state index is -0.0658. The lowest BCUT2D eigenvalue weighted by Crippen LogP contribution is -2.29. The fraction of sp³-hybridized carbons (Fsp3) is 0.438. The van der Waals surface area contributed by atoms with Gasteiger partial charge in [0.1, 0.15) is 5.58 Å². The van der Waals surface area contributed by atoms with E-state index in [9.17, 15) is 4.79 Å². The van der Waals surface area contributed by atoms with Gasteiger partial charge in [-0.2, -0.15) is 0 Å². The summed E-state index contributed by atoms with van der Waals surface area (Å²) in [6, 6.07) is 3.69. The van der Waals surface area contributed by atoms with Crippen LogP contribution in [0.4, 0.5) is 5.69 Å². The average Bonchev–Trinajstić information content (AvgIpc) is 2.94. The molecule has 5 nitrogen and oxygen atoms in total. The van der Waals surface area contributed by atoms with Gasteiger partial charge in [0.05, 0.1) is 11.8 Å².